The van der Waals surface area contributed by atoms with Crippen LogP contribution >= 0.6 is 0 Å². The molecule has 5 aliphatic heterocycles. The standard InChI is InChI=1S/C35H52O12/c1-17-28(36)24(39-5)14-26(43-17)47-30-18(2)44-33(29(37)31(30)40-6)45-21-11-12-34(3)20(13-21)8-9-22-23(34)10-7-19-15-41-35(4)27(19)25(16-42-35)46-32(22)38/h8,15,17-18,21-31,33,36-37H,7,9-14,16H2,1-6H3/t17-,18+,21-,22+,23-,24-,25+,26-,27+,28+,29+,30+,31+,33-,34-,35-/m0/s1. The summed E-state index contributed by atoms with van der Waals surface area (Å²) in [5.41, 5.74) is 2.31. The molecule has 16 atom stereocenters. The van der Waals surface area contributed by atoms with Gasteiger partial charge in [-0.1, -0.05) is 18.6 Å². The third-order valence-electron chi connectivity index (χ3n) is 12.3. The van der Waals surface area contributed by atoms with Crippen molar-refractivity contribution in [1.82, 2.24) is 0 Å². The number of hydrogen-bond donors (Lipinski definition) is 2. The minimum atomic E-state index is -1.09. The van der Waals surface area contributed by atoms with Crippen LogP contribution in [0.3, 0.4) is 0 Å². The van der Waals surface area contributed by atoms with Gasteiger partial charge in [0.15, 0.2) is 12.6 Å². The monoisotopic (exact) mass is 664 g/mol. The highest BCUT2D eigenvalue weighted by atomic mass is 16.7. The van der Waals surface area contributed by atoms with Crippen LogP contribution in [-0.4, -0.2) is 110 Å². The van der Waals surface area contributed by atoms with Crippen molar-refractivity contribution in [1.29, 1.82) is 0 Å². The van der Waals surface area contributed by atoms with Gasteiger partial charge in [-0.05, 0) is 69.3 Å². The highest BCUT2D eigenvalue weighted by Crippen LogP contribution is 2.57. The average Bonchev–Trinajstić information content (AvgIpc) is 3.56. The van der Waals surface area contributed by atoms with Gasteiger partial charge in [0.25, 0.3) is 0 Å². The molecule has 5 heterocycles. The topological polar surface area (TPSA) is 141 Å². The molecular weight excluding hydrogens is 612 g/mol. The molecule has 0 radical (unpaired) electrons. The van der Waals surface area contributed by atoms with Gasteiger partial charge in [0.2, 0.25) is 5.79 Å². The normalized spacial score (nSPS) is 51.2. The van der Waals surface area contributed by atoms with Gasteiger partial charge in [-0.2, -0.15) is 0 Å². The summed E-state index contributed by atoms with van der Waals surface area (Å²) in [7, 11) is 3.09. The molecule has 0 bridgehead atoms. The number of esters is 1. The van der Waals surface area contributed by atoms with E-state index in [0.717, 1.165) is 25.7 Å². The molecule has 0 aromatic carbocycles. The van der Waals surface area contributed by atoms with E-state index in [0.29, 0.717) is 25.9 Å². The molecule has 7 rings (SSSR count). The van der Waals surface area contributed by atoms with Gasteiger partial charge in [0, 0.05) is 27.6 Å². The number of carbonyl (C=O) groups is 1. The first-order valence-corrected chi connectivity index (χ1v) is 17.4. The average molecular weight is 665 g/mol. The van der Waals surface area contributed by atoms with Crippen LogP contribution in [0.15, 0.2) is 23.5 Å². The van der Waals surface area contributed by atoms with Crippen LogP contribution in [0, 0.1) is 23.2 Å². The van der Waals surface area contributed by atoms with Gasteiger partial charge >= 0.3 is 5.97 Å². The Morgan fingerprint density at radius 3 is 2.55 bits per heavy atom. The SMILES string of the molecule is CO[C@@H]1[C@@H](O)[C@H](O[C@H]2CC[C@@]3(C)C(=CC[C@H]4C(=O)O[C@@H]5CO[C@]6(C)OC=C(CC[C@@H]43)[C@H]56)C2)O[C@H](C)[C@H]1O[C@H]1C[C@H](OC)[C@H](O)[C@H](C)O1. The second kappa shape index (κ2) is 12.9. The number of carbonyl (C=O) groups excluding carboxylic acids is 1. The lowest BCUT2D eigenvalue weighted by Gasteiger charge is -2.51. The summed E-state index contributed by atoms with van der Waals surface area (Å²) in [6.45, 7) is 8.24. The quantitative estimate of drug-likeness (QED) is 0.319. The lowest BCUT2D eigenvalue weighted by Crippen LogP contribution is -2.61. The van der Waals surface area contributed by atoms with Gasteiger partial charge < -0.3 is 52.8 Å². The van der Waals surface area contributed by atoms with Crippen molar-refractivity contribution in [3.63, 3.8) is 0 Å². The smallest absolute Gasteiger partial charge is 0.309 e. The summed E-state index contributed by atoms with van der Waals surface area (Å²) in [6, 6.07) is 0. The van der Waals surface area contributed by atoms with Crippen molar-refractivity contribution >= 4 is 5.97 Å². The number of ether oxygens (including phenoxy) is 9. The minimum absolute atomic E-state index is 0.0601. The molecule has 0 aromatic rings. The van der Waals surface area contributed by atoms with E-state index in [2.05, 4.69) is 13.0 Å². The number of methoxy groups -OCH3 is 2. The summed E-state index contributed by atoms with van der Waals surface area (Å²) < 4.78 is 54.2. The van der Waals surface area contributed by atoms with Crippen LogP contribution in [0.2, 0.25) is 0 Å². The van der Waals surface area contributed by atoms with Crippen LogP contribution in [0.1, 0.15) is 72.6 Å². The maximum Gasteiger partial charge on any atom is 0.309 e. The van der Waals surface area contributed by atoms with E-state index in [1.807, 2.05) is 20.1 Å². The van der Waals surface area contributed by atoms with Gasteiger partial charge in [-0.15, -0.1) is 0 Å². The molecule has 2 N–H and O–H groups in total. The zero-order valence-corrected chi connectivity index (χ0v) is 28.4. The Labute approximate surface area is 276 Å². The largest absolute Gasteiger partial charge is 0.469 e. The third kappa shape index (κ3) is 5.89. The van der Waals surface area contributed by atoms with E-state index in [1.165, 1.54) is 18.3 Å². The fraction of sp³-hybridized carbons (Fsp3) is 0.857. The summed E-state index contributed by atoms with van der Waals surface area (Å²) >= 11 is 0. The second-order valence-electron chi connectivity index (χ2n) is 15.0. The number of aliphatic hydroxyl groups excluding tert-OH is 2. The van der Waals surface area contributed by atoms with Gasteiger partial charge in [-0.3, -0.25) is 4.79 Å². The maximum atomic E-state index is 13.6. The van der Waals surface area contributed by atoms with Crippen molar-refractivity contribution in [2.45, 2.75) is 146 Å². The van der Waals surface area contributed by atoms with E-state index in [-0.39, 0.29) is 41.3 Å². The highest BCUT2D eigenvalue weighted by Gasteiger charge is 2.58. The molecule has 5 fully saturated rings. The second-order valence-corrected chi connectivity index (χ2v) is 15.0. The Morgan fingerprint density at radius 1 is 0.979 bits per heavy atom. The zero-order chi connectivity index (χ0) is 33.2. The summed E-state index contributed by atoms with van der Waals surface area (Å²) in [6.07, 6.45) is 2.49. The van der Waals surface area contributed by atoms with E-state index >= 15 is 0 Å². The van der Waals surface area contributed by atoms with Crippen molar-refractivity contribution < 1.29 is 57.6 Å². The van der Waals surface area contributed by atoms with Crippen molar-refractivity contribution in [3.05, 3.63) is 23.5 Å². The molecule has 0 aromatic heterocycles. The first kappa shape index (κ1) is 33.9. The first-order valence-electron chi connectivity index (χ1n) is 17.4. The molecule has 4 saturated heterocycles. The number of aliphatic hydroxyl groups is 2. The molecule has 264 valence electrons. The Bertz CT molecular complexity index is 1240. The predicted octanol–water partition coefficient (Wildman–Crippen LogP) is 3.12. The summed E-state index contributed by atoms with van der Waals surface area (Å²) in [5.74, 6) is -1.01. The Balaban J connectivity index is 1.01. The molecule has 12 heteroatoms. The Morgan fingerprint density at radius 2 is 1.79 bits per heavy atom. The molecule has 0 amide bonds. The molecule has 47 heavy (non-hydrogen) atoms. The van der Waals surface area contributed by atoms with E-state index in [9.17, 15) is 15.0 Å². The van der Waals surface area contributed by atoms with Gasteiger partial charge in [0.05, 0.1) is 49.1 Å². The molecule has 0 unspecified atom stereocenters. The molecule has 1 saturated carbocycles. The van der Waals surface area contributed by atoms with Crippen LogP contribution < -0.4 is 0 Å². The Kier molecular flexibility index (Phi) is 9.32. The highest BCUT2D eigenvalue weighted by molar-refractivity contribution is 5.74. The predicted molar refractivity (Wildman–Crippen MR) is 164 cm³/mol. The lowest BCUT2D eigenvalue weighted by atomic mass is 9.55. The summed E-state index contributed by atoms with van der Waals surface area (Å²) in [5, 5.41) is 21.8. The van der Waals surface area contributed by atoms with Crippen molar-refractivity contribution in [2.75, 3.05) is 20.8 Å². The minimum Gasteiger partial charge on any atom is -0.469 e. The van der Waals surface area contributed by atoms with E-state index in [4.69, 9.17) is 42.6 Å². The Hall–Kier alpha value is -1.61. The molecule has 12 nitrogen and oxygen atoms in total. The summed E-state index contributed by atoms with van der Waals surface area (Å²) in [4.78, 5) is 13.6. The van der Waals surface area contributed by atoms with E-state index in [1.54, 1.807) is 14.0 Å². The van der Waals surface area contributed by atoms with Crippen molar-refractivity contribution in [3.8, 4) is 0 Å². The third-order valence-corrected chi connectivity index (χ3v) is 12.3. The van der Waals surface area contributed by atoms with E-state index < -0.39 is 61.1 Å². The fourth-order valence-electron chi connectivity index (χ4n) is 9.57. The fourth-order valence-corrected chi connectivity index (χ4v) is 9.57. The lowest BCUT2D eigenvalue weighted by molar-refractivity contribution is -0.344. The van der Waals surface area contributed by atoms with Crippen molar-refractivity contribution in [2.24, 2.45) is 23.2 Å². The van der Waals surface area contributed by atoms with Crippen LogP contribution in [-0.2, 0) is 47.4 Å². The number of rotatable bonds is 6. The van der Waals surface area contributed by atoms with Crippen LogP contribution in [0.4, 0.5) is 0 Å². The maximum absolute atomic E-state index is 13.6. The first-order chi connectivity index (χ1) is 22.5. The molecule has 2 aliphatic carbocycles. The van der Waals surface area contributed by atoms with Crippen LogP contribution in [0.5, 0.6) is 0 Å². The molecular formula is C35H52O12. The van der Waals surface area contributed by atoms with Gasteiger partial charge in [0.1, 0.15) is 30.5 Å². The zero-order valence-electron chi connectivity index (χ0n) is 28.4. The number of hydrogen-bond acceptors (Lipinski definition) is 12. The number of allylic oxidation sites excluding steroid dienone is 1. The number of fused-ring (bicyclic) bond motifs is 3. The molecule has 7 aliphatic rings. The van der Waals surface area contributed by atoms with Crippen LogP contribution in [0.25, 0.3) is 0 Å². The van der Waals surface area contributed by atoms with Gasteiger partial charge in [-0.25, -0.2) is 0 Å². The molecule has 0 spiro atoms.